The molecule has 0 bridgehead atoms. The Kier molecular flexibility index (Phi) is 4.76. The lowest BCUT2D eigenvalue weighted by atomic mass is 9.71. The van der Waals surface area contributed by atoms with Crippen molar-refractivity contribution in [3.05, 3.63) is 80.1 Å². The Hall–Kier alpha value is -2.08. The first kappa shape index (κ1) is 16.8. The van der Waals surface area contributed by atoms with E-state index in [1.807, 2.05) is 24.3 Å². The number of ketones is 1. The molecule has 0 aliphatic heterocycles. The normalized spacial score (nSPS) is 23.9. The molecule has 3 atom stereocenters. The third-order valence-electron chi connectivity index (χ3n) is 4.56. The molecule has 0 radical (unpaired) electrons. The van der Waals surface area contributed by atoms with Crippen molar-refractivity contribution in [2.24, 2.45) is 0 Å². The molecule has 0 saturated heterocycles. The second kappa shape index (κ2) is 6.81. The smallest absolute Gasteiger partial charge is 0.227 e. The van der Waals surface area contributed by atoms with Gasteiger partial charge in [0.15, 0.2) is 0 Å². The molecular formula is C18H15BrFNO3. The van der Waals surface area contributed by atoms with Gasteiger partial charge in [0.1, 0.15) is 11.6 Å². The number of nitrogens with zero attached hydrogens (tertiary/aromatic N) is 1. The maximum atomic E-state index is 13.2. The van der Waals surface area contributed by atoms with E-state index in [0.29, 0.717) is 5.56 Å². The van der Waals surface area contributed by atoms with E-state index in [4.69, 9.17) is 0 Å². The van der Waals surface area contributed by atoms with Crippen LogP contribution in [0.15, 0.2) is 53.0 Å². The molecule has 0 heterocycles. The molecule has 1 aliphatic carbocycles. The summed E-state index contributed by atoms with van der Waals surface area (Å²) in [5.41, 5.74) is 1.41. The minimum atomic E-state index is -0.908. The van der Waals surface area contributed by atoms with Crippen LogP contribution in [0.25, 0.3) is 0 Å². The van der Waals surface area contributed by atoms with Crippen molar-refractivity contribution in [2.75, 3.05) is 0 Å². The average molecular weight is 392 g/mol. The molecule has 0 amide bonds. The number of halogens is 2. The van der Waals surface area contributed by atoms with Crippen LogP contribution in [0.5, 0.6) is 0 Å². The molecule has 1 fully saturated rings. The van der Waals surface area contributed by atoms with Crippen LogP contribution in [0.3, 0.4) is 0 Å². The molecule has 2 aromatic carbocycles. The number of rotatable bonds is 3. The summed E-state index contributed by atoms with van der Waals surface area (Å²) in [4.78, 5) is 23.7. The second-order valence-corrected chi connectivity index (χ2v) is 6.95. The van der Waals surface area contributed by atoms with Gasteiger partial charge in [0, 0.05) is 22.2 Å². The molecule has 1 aliphatic rings. The van der Waals surface area contributed by atoms with Crippen molar-refractivity contribution in [1.29, 1.82) is 0 Å². The lowest BCUT2D eigenvalue weighted by Gasteiger charge is -2.32. The Morgan fingerprint density at radius 1 is 0.958 bits per heavy atom. The average Bonchev–Trinajstić information content (AvgIpc) is 2.55. The van der Waals surface area contributed by atoms with Gasteiger partial charge in [-0.05, 0) is 35.4 Å². The van der Waals surface area contributed by atoms with Gasteiger partial charge >= 0.3 is 0 Å². The Balaban J connectivity index is 2.02. The predicted octanol–water partition coefficient (Wildman–Crippen LogP) is 4.46. The summed E-state index contributed by atoms with van der Waals surface area (Å²) in [6.07, 6.45) is 0.273. The van der Waals surface area contributed by atoms with E-state index < -0.39 is 23.7 Å². The largest absolute Gasteiger partial charge is 0.300 e. The van der Waals surface area contributed by atoms with Crippen LogP contribution in [0.4, 0.5) is 4.39 Å². The zero-order valence-electron chi connectivity index (χ0n) is 12.7. The molecular weight excluding hydrogens is 377 g/mol. The lowest BCUT2D eigenvalue weighted by molar-refractivity contribution is -0.532. The summed E-state index contributed by atoms with van der Waals surface area (Å²) in [7, 11) is 0. The minimum absolute atomic E-state index is 0.00431. The molecule has 3 rings (SSSR count). The van der Waals surface area contributed by atoms with E-state index in [0.717, 1.165) is 10.0 Å². The van der Waals surface area contributed by atoms with Gasteiger partial charge in [-0.15, -0.1) is 0 Å². The molecule has 2 aromatic rings. The highest BCUT2D eigenvalue weighted by atomic mass is 79.9. The summed E-state index contributed by atoms with van der Waals surface area (Å²) in [6, 6.07) is 12.0. The van der Waals surface area contributed by atoms with Crippen molar-refractivity contribution in [1.82, 2.24) is 0 Å². The molecule has 0 N–H and O–H groups in total. The van der Waals surface area contributed by atoms with Crippen LogP contribution in [-0.4, -0.2) is 16.7 Å². The standard InChI is InChI=1S/C18H15BrFNO3/c19-13-5-1-11(2-6-13)16-9-15(22)10-17(18(16)21(23)24)12-3-7-14(20)8-4-12/h1-8,16-18H,9-10H2/t16-,17?,18-/m0/s1. The minimum Gasteiger partial charge on any atom is -0.300 e. The number of nitro groups is 1. The number of hydrogen-bond donors (Lipinski definition) is 0. The third-order valence-corrected chi connectivity index (χ3v) is 5.09. The van der Waals surface area contributed by atoms with Gasteiger partial charge < -0.3 is 0 Å². The number of carbonyl (C=O) groups excluding carboxylic acids is 1. The monoisotopic (exact) mass is 391 g/mol. The van der Waals surface area contributed by atoms with Crippen molar-refractivity contribution in [3.8, 4) is 0 Å². The summed E-state index contributed by atoms with van der Waals surface area (Å²) >= 11 is 3.34. The fraction of sp³-hybridized carbons (Fsp3) is 0.278. The molecule has 4 nitrogen and oxygen atoms in total. The van der Waals surface area contributed by atoms with Crippen LogP contribution < -0.4 is 0 Å². The Bertz CT molecular complexity index is 703. The number of hydrogen-bond acceptors (Lipinski definition) is 3. The van der Waals surface area contributed by atoms with Crippen LogP contribution in [0.1, 0.15) is 35.8 Å². The fourth-order valence-electron chi connectivity index (χ4n) is 3.44. The van der Waals surface area contributed by atoms with Gasteiger partial charge in [0.25, 0.3) is 0 Å². The van der Waals surface area contributed by atoms with Crippen molar-refractivity contribution in [2.45, 2.75) is 30.7 Å². The van der Waals surface area contributed by atoms with Gasteiger partial charge in [-0.2, -0.15) is 0 Å². The topological polar surface area (TPSA) is 60.2 Å². The van der Waals surface area contributed by atoms with E-state index in [1.54, 1.807) is 0 Å². The Morgan fingerprint density at radius 2 is 1.42 bits per heavy atom. The van der Waals surface area contributed by atoms with Crippen LogP contribution in [0, 0.1) is 15.9 Å². The molecule has 124 valence electrons. The zero-order valence-corrected chi connectivity index (χ0v) is 14.3. The van der Waals surface area contributed by atoms with E-state index >= 15 is 0 Å². The molecule has 24 heavy (non-hydrogen) atoms. The van der Waals surface area contributed by atoms with Crippen LogP contribution >= 0.6 is 15.9 Å². The molecule has 0 aromatic heterocycles. The van der Waals surface area contributed by atoms with Crippen molar-refractivity contribution in [3.63, 3.8) is 0 Å². The lowest BCUT2D eigenvalue weighted by Crippen LogP contribution is -2.40. The van der Waals surface area contributed by atoms with E-state index in [-0.39, 0.29) is 23.5 Å². The van der Waals surface area contributed by atoms with E-state index in [1.165, 1.54) is 24.3 Å². The number of Topliss-reactive ketones (excluding diaryl/α,β-unsaturated/α-hetero) is 1. The summed E-state index contributed by atoms with van der Waals surface area (Å²) in [5.74, 6) is -1.43. The van der Waals surface area contributed by atoms with E-state index in [9.17, 15) is 19.3 Å². The van der Waals surface area contributed by atoms with Crippen molar-refractivity contribution >= 4 is 21.7 Å². The van der Waals surface area contributed by atoms with Gasteiger partial charge in [-0.3, -0.25) is 14.9 Å². The van der Waals surface area contributed by atoms with Crippen LogP contribution in [0.2, 0.25) is 0 Å². The summed E-state index contributed by atoms with van der Waals surface area (Å²) in [5, 5.41) is 11.8. The highest BCUT2D eigenvalue weighted by molar-refractivity contribution is 9.10. The Labute approximate surface area is 147 Å². The van der Waals surface area contributed by atoms with Gasteiger partial charge in [0.2, 0.25) is 6.04 Å². The predicted molar refractivity (Wildman–Crippen MR) is 91.0 cm³/mol. The first-order valence-electron chi connectivity index (χ1n) is 7.62. The molecule has 6 heteroatoms. The number of benzene rings is 2. The van der Waals surface area contributed by atoms with Crippen LogP contribution in [-0.2, 0) is 4.79 Å². The molecule has 1 unspecified atom stereocenters. The zero-order chi connectivity index (χ0) is 17.3. The third kappa shape index (κ3) is 3.38. The second-order valence-electron chi connectivity index (χ2n) is 6.04. The Morgan fingerprint density at radius 3 is 1.88 bits per heavy atom. The molecule has 1 saturated carbocycles. The maximum Gasteiger partial charge on any atom is 0.227 e. The highest BCUT2D eigenvalue weighted by Crippen LogP contribution is 2.41. The van der Waals surface area contributed by atoms with Crippen molar-refractivity contribution < 1.29 is 14.1 Å². The first-order chi connectivity index (χ1) is 11.5. The molecule has 0 spiro atoms. The summed E-state index contributed by atoms with van der Waals surface area (Å²) in [6.45, 7) is 0. The quantitative estimate of drug-likeness (QED) is 0.572. The first-order valence-corrected chi connectivity index (χ1v) is 8.41. The fourth-order valence-corrected chi connectivity index (χ4v) is 3.70. The van der Waals surface area contributed by atoms with E-state index in [2.05, 4.69) is 15.9 Å². The van der Waals surface area contributed by atoms with Gasteiger partial charge in [0.05, 0.1) is 11.8 Å². The summed E-state index contributed by atoms with van der Waals surface area (Å²) < 4.78 is 14.0. The van der Waals surface area contributed by atoms with Gasteiger partial charge in [-0.25, -0.2) is 4.39 Å². The SMILES string of the molecule is O=C1CC(c2ccc(F)cc2)[C@@H]([N+](=O)[O-])[C@H](c2ccc(Br)cc2)C1. The van der Waals surface area contributed by atoms with Gasteiger partial charge in [-0.1, -0.05) is 40.2 Å². The highest BCUT2D eigenvalue weighted by Gasteiger charge is 2.46. The number of carbonyl (C=O) groups is 1. The maximum absolute atomic E-state index is 13.2.